The van der Waals surface area contributed by atoms with Crippen LogP contribution in [0.25, 0.3) is 0 Å². The Balaban J connectivity index is 1.92. The first-order chi connectivity index (χ1) is 14.7. The van der Waals surface area contributed by atoms with Crippen molar-refractivity contribution in [1.82, 2.24) is 0 Å². The molecule has 0 saturated carbocycles. The molecule has 1 N–H and O–H groups in total. The van der Waals surface area contributed by atoms with Crippen molar-refractivity contribution in [2.45, 2.75) is 30.6 Å². The van der Waals surface area contributed by atoms with Gasteiger partial charge in [-0.15, -0.1) is 11.8 Å². The maximum absolute atomic E-state index is 13.4. The van der Waals surface area contributed by atoms with Gasteiger partial charge in [-0.1, -0.05) is 23.8 Å². The minimum atomic E-state index is -3.93. The van der Waals surface area contributed by atoms with Crippen molar-refractivity contribution >= 4 is 39.1 Å². The Morgan fingerprint density at radius 2 is 1.55 bits per heavy atom. The zero-order valence-electron chi connectivity index (χ0n) is 18.0. The van der Waals surface area contributed by atoms with E-state index in [0.29, 0.717) is 11.4 Å². The van der Waals surface area contributed by atoms with Crippen molar-refractivity contribution in [3.8, 4) is 0 Å². The number of carbonyl (C=O) groups is 1. The molecule has 0 aromatic heterocycles. The quantitative estimate of drug-likeness (QED) is 0.500. The maximum atomic E-state index is 13.4. The number of hydrogen-bond donors (Lipinski definition) is 1. The van der Waals surface area contributed by atoms with Gasteiger partial charge in [-0.2, -0.15) is 0 Å². The predicted molar refractivity (Wildman–Crippen MR) is 128 cm³/mol. The number of benzene rings is 3. The second-order valence-electron chi connectivity index (χ2n) is 7.37. The number of carbonyl (C=O) groups excluding carboxylic acids is 1. The maximum Gasteiger partial charge on any atom is 0.264 e. The number of nitrogens with zero attached hydrogens (tertiary/aromatic N) is 1. The van der Waals surface area contributed by atoms with E-state index in [1.807, 2.05) is 57.4 Å². The van der Waals surface area contributed by atoms with Crippen LogP contribution < -0.4 is 9.62 Å². The minimum Gasteiger partial charge on any atom is -0.325 e. The molecule has 0 aliphatic rings. The van der Waals surface area contributed by atoms with E-state index < -0.39 is 15.9 Å². The monoisotopic (exact) mass is 454 g/mol. The summed E-state index contributed by atoms with van der Waals surface area (Å²) in [6.07, 6.45) is 1.93. The summed E-state index contributed by atoms with van der Waals surface area (Å²) < 4.78 is 28.0. The molecule has 0 spiro atoms. The molecule has 0 aliphatic heterocycles. The Hall–Kier alpha value is -2.77. The summed E-state index contributed by atoms with van der Waals surface area (Å²) in [6, 6.07) is 19.4. The van der Waals surface area contributed by atoms with Gasteiger partial charge in [-0.05, 0) is 86.7 Å². The lowest BCUT2D eigenvalue weighted by Gasteiger charge is -2.24. The van der Waals surface area contributed by atoms with E-state index >= 15 is 0 Å². The first-order valence-electron chi connectivity index (χ1n) is 9.81. The fraction of sp³-hybridized carbons (Fsp3) is 0.208. The number of rotatable bonds is 7. The van der Waals surface area contributed by atoms with Crippen LogP contribution in [0.2, 0.25) is 0 Å². The number of amides is 1. The van der Waals surface area contributed by atoms with Crippen LogP contribution in [0.4, 0.5) is 11.4 Å². The van der Waals surface area contributed by atoms with Gasteiger partial charge >= 0.3 is 0 Å². The third-order valence-corrected chi connectivity index (χ3v) is 7.58. The summed E-state index contributed by atoms with van der Waals surface area (Å²) >= 11 is 1.54. The van der Waals surface area contributed by atoms with E-state index in [1.165, 1.54) is 11.8 Å². The highest BCUT2D eigenvalue weighted by atomic mass is 32.2. The van der Waals surface area contributed by atoms with Crippen LogP contribution in [0.1, 0.15) is 16.7 Å². The van der Waals surface area contributed by atoms with Crippen LogP contribution in [0.5, 0.6) is 0 Å². The molecule has 5 nitrogen and oxygen atoms in total. The summed E-state index contributed by atoms with van der Waals surface area (Å²) in [6.45, 7) is 5.56. The summed E-state index contributed by atoms with van der Waals surface area (Å²) in [5, 5.41) is 2.82. The van der Waals surface area contributed by atoms with Crippen LogP contribution in [-0.2, 0) is 14.8 Å². The molecule has 7 heteroatoms. The summed E-state index contributed by atoms with van der Waals surface area (Å²) in [5.41, 5.74) is 4.25. The zero-order chi connectivity index (χ0) is 22.6. The molecular weight excluding hydrogens is 428 g/mol. The van der Waals surface area contributed by atoms with Crippen LogP contribution in [0.3, 0.4) is 0 Å². The summed E-state index contributed by atoms with van der Waals surface area (Å²) in [7, 11) is -3.93. The Morgan fingerprint density at radius 3 is 2.13 bits per heavy atom. The molecule has 31 heavy (non-hydrogen) atoms. The minimum absolute atomic E-state index is 0.143. The third-order valence-electron chi connectivity index (χ3n) is 5.05. The van der Waals surface area contributed by atoms with Crippen LogP contribution >= 0.6 is 11.8 Å². The molecule has 0 heterocycles. The highest BCUT2D eigenvalue weighted by Gasteiger charge is 2.27. The van der Waals surface area contributed by atoms with Crippen LogP contribution in [0, 0.1) is 20.8 Å². The largest absolute Gasteiger partial charge is 0.325 e. The molecule has 0 bridgehead atoms. The van der Waals surface area contributed by atoms with Crippen molar-refractivity contribution in [3.05, 3.63) is 83.4 Å². The van der Waals surface area contributed by atoms with Crippen molar-refractivity contribution in [1.29, 1.82) is 0 Å². The van der Waals surface area contributed by atoms with E-state index in [1.54, 1.807) is 36.4 Å². The van der Waals surface area contributed by atoms with Crippen LogP contribution in [-0.4, -0.2) is 27.1 Å². The van der Waals surface area contributed by atoms with E-state index in [2.05, 4.69) is 5.32 Å². The van der Waals surface area contributed by atoms with Gasteiger partial charge < -0.3 is 5.32 Å². The van der Waals surface area contributed by atoms with Gasteiger partial charge in [0.15, 0.2) is 0 Å². The zero-order valence-corrected chi connectivity index (χ0v) is 19.7. The van der Waals surface area contributed by atoms with Crippen molar-refractivity contribution in [2.75, 3.05) is 22.4 Å². The number of aryl methyl sites for hydroxylation is 3. The van der Waals surface area contributed by atoms with Crippen molar-refractivity contribution in [3.63, 3.8) is 0 Å². The van der Waals surface area contributed by atoms with Crippen molar-refractivity contribution in [2.24, 2.45) is 0 Å². The van der Waals surface area contributed by atoms with Gasteiger partial charge in [0.2, 0.25) is 5.91 Å². The third kappa shape index (κ3) is 5.48. The number of anilines is 2. The molecule has 0 saturated heterocycles. The number of sulfonamides is 1. The second kappa shape index (κ2) is 9.58. The van der Waals surface area contributed by atoms with Crippen molar-refractivity contribution < 1.29 is 13.2 Å². The van der Waals surface area contributed by atoms with Gasteiger partial charge in [0.25, 0.3) is 10.0 Å². The lowest BCUT2D eigenvalue weighted by Crippen LogP contribution is -2.38. The van der Waals surface area contributed by atoms with E-state index in [9.17, 15) is 13.2 Å². The topological polar surface area (TPSA) is 66.5 Å². The lowest BCUT2D eigenvalue weighted by molar-refractivity contribution is -0.114. The molecule has 0 radical (unpaired) electrons. The highest BCUT2D eigenvalue weighted by Crippen LogP contribution is 2.26. The summed E-state index contributed by atoms with van der Waals surface area (Å²) in [5.74, 6) is -0.409. The Bertz CT molecular complexity index is 1170. The van der Waals surface area contributed by atoms with Gasteiger partial charge in [0.1, 0.15) is 6.54 Å². The van der Waals surface area contributed by atoms with Gasteiger partial charge in [-0.3, -0.25) is 9.10 Å². The fourth-order valence-corrected chi connectivity index (χ4v) is 4.88. The van der Waals surface area contributed by atoms with E-state index in [0.717, 1.165) is 25.9 Å². The molecule has 3 aromatic carbocycles. The number of hydrogen-bond acceptors (Lipinski definition) is 4. The van der Waals surface area contributed by atoms with E-state index in [-0.39, 0.29) is 11.4 Å². The predicted octanol–water partition coefficient (Wildman–Crippen LogP) is 5.17. The summed E-state index contributed by atoms with van der Waals surface area (Å²) in [4.78, 5) is 13.9. The first kappa shape index (κ1) is 22.9. The number of nitrogens with one attached hydrogen (secondary N) is 1. The average molecular weight is 455 g/mol. The first-order valence-corrected chi connectivity index (χ1v) is 12.5. The molecule has 0 fully saturated rings. The molecule has 0 atom stereocenters. The standard InChI is InChI=1S/C24H26N2O3S2/c1-17-5-9-21(10-6-17)26(31(28,29)23-13-11-22(30-4)12-14-23)16-24(27)25-20-8-7-18(2)19(3)15-20/h5-15H,16H2,1-4H3,(H,25,27). The molecular formula is C24H26N2O3S2. The number of thioether (sulfide) groups is 1. The van der Waals surface area contributed by atoms with E-state index in [4.69, 9.17) is 0 Å². The Morgan fingerprint density at radius 1 is 0.903 bits per heavy atom. The molecule has 0 aliphatic carbocycles. The van der Waals surface area contributed by atoms with Gasteiger partial charge in [-0.25, -0.2) is 8.42 Å². The second-order valence-corrected chi connectivity index (χ2v) is 10.1. The lowest BCUT2D eigenvalue weighted by atomic mass is 10.1. The highest BCUT2D eigenvalue weighted by molar-refractivity contribution is 7.98. The normalized spacial score (nSPS) is 11.2. The Kier molecular flexibility index (Phi) is 7.08. The molecule has 0 unspecified atom stereocenters. The average Bonchev–Trinajstić information content (AvgIpc) is 2.75. The SMILES string of the molecule is CSc1ccc(S(=O)(=O)N(CC(=O)Nc2ccc(C)c(C)c2)c2ccc(C)cc2)cc1. The smallest absolute Gasteiger partial charge is 0.264 e. The molecule has 1 amide bonds. The van der Waals surface area contributed by atoms with Crippen LogP contribution in [0.15, 0.2) is 76.5 Å². The molecule has 3 aromatic rings. The molecule has 162 valence electrons. The van der Waals surface area contributed by atoms with Gasteiger partial charge in [0.05, 0.1) is 10.6 Å². The fourth-order valence-electron chi connectivity index (χ4n) is 3.05. The van der Waals surface area contributed by atoms with Gasteiger partial charge in [0, 0.05) is 10.6 Å². The Labute approximate surface area is 188 Å². The molecule has 3 rings (SSSR count).